The summed E-state index contributed by atoms with van der Waals surface area (Å²) < 4.78 is 12.6. The third-order valence-corrected chi connectivity index (χ3v) is 5.26. The Morgan fingerprint density at radius 2 is 2.04 bits per heavy atom. The molecule has 142 valence electrons. The van der Waals surface area contributed by atoms with Crippen LogP contribution in [0.2, 0.25) is 0 Å². The molecule has 0 unspecified atom stereocenters. The van der Waals surface area contributed by atoms with Gasteiger partial charge in [0.25, 0.3) is 5.89 Å². The van der Waals surface area contributed by atoms with E-state index in [1.54, 1.807) is 4.90 Å². The standard InChI is InChI=1S/C20H24N4O3/c1-13(2)24-11-8-14-4-5-16(12-17(14)24)19-21-18(22-27-19)15-6-9-23(10-7-15)20(25)26-3/h4-5,8,11-13,15H,6-7,9-10H2,1-3H3. The molecule has 3 aromatic rings. The van der Waals surface area contributed by atoms with Crippen LogP contribution in [0.15, 0.2) is 35.0 Å². The molecule has 1 aromatic carbocycles. The van der Waals surface area contributed by atoms with Crippen molar-refractivity contribution in [2.45, 2.75) is 38.6 Å². The first-order valence-electron chi connectivity index (χ1n) is 9.34. The zero-order chi connectivity index (χ0) is 19.0. The van der Waals surface area contributed by atoms with Gasteiger partial charge >= 0.3 is 6.09 Å². The molecule has 1 amide bonds. The zero-order valence-corrected chi connectivity index (χ0v) is 15.9. The largest absolute Gasteiger partial charge is 0.453 e. The lowest BCUT2D eigenvalue weighted by Crippen LogP contribution is -2.37. The van der Waals surface area contributed by atoms with Crippen molar-refractivity contribution in [3.05, 3.63) is 36.3 Å². The molecule has 27 heavy (non-hydrogen) atoms. The number of rotatable bonds is 3. The molecule has 1 aliphatic rings. The molecule has 0 N–H and O–H groups in total. The third-order valence-electron chi connectivity index (χ3n) is 5.26. The number of likely N-dealkylation sites (tertiary alicyclic amines) is 1. The van der Waals surface area contributed by atoms with Gasteiger partial charge in [0.1, 0.15) is 0 Å². The van der Waals surface area contributed by atoms with E-state index in [1.165, 1.54) is 12.5 Å². The molecule has 0 radical (unpaired) electrons. The van der Waals surface area contributed by atoms with Crippen molar-refractivity contribution in [1.82, 2.24) is 19.6 Å². The minimum Gasteiger partial charge on any atom is -0.453 e. The van der Waals surface area contributed by atoms with E-state index in [0.717, 1.165) is 23.9 Å². The molecule has 1 saturated heterocycles. The average molecular weight is 368 g/mol. The molecule has 1 fully saturated rings. The molecular formula is C20H24N4O3. The second-order valence-electron chi connectivity index (χ2n) is 7.28. The Bertz CT molecular complexity index is 951. The van der Waals surface area contributed by atoms with Crippen LogP contribution < -0.4 is 0 Å². The summed E-state index contributed by atoms with van der Waals surface area (Å²) in [6.45, 7) is 5.62. The summed E-state index contributed by atoms with van der Waals surface area (Å²) in [4.78, 5) is 18.0. The highest BCUT2D eigenvalue weighted by atomic mass is 16.5. The lowest BCUT2D eigenvalue weighted by molar-refractivity contribution is 0.111. The highest BCUT2D eigenvalue weighted by molar-refractivity contribution is 5.84. The lowest BCUT2D eigenvalue weighted by atomic mass is 9.96. The highest BCUT2D eigenvalue weighted by Crippen LogP contribution is 2.30. The van der Waals surface area contributed by atoms with Crippen LogP contribution in [0.4, 0.5) is 4.79 Å². The summed E-state index contributed by atoms with van der Waals surface area (Å²) in [6.07, 6.45) is 3.45. The Morgan fingerprint density at radius 3 is 2.74 bits per heavy atom. The van der Waals surface area contributed by atoms with Crippen LogP contribution in [0, 0.1) is 0 Å². The number of nitrogens with zero attached hydrogens (tertiary/aromatic N) is 4. The smallest absolute Gasteiger partial charge is 0.409 e. The second-order valence-corrected chi connectivity index (χ2v) is 7.28. The number of aromatic nitrogens is 3. The molecule has 0 spiro atoms. The van der Waals surface area contributed by atoms with Gasteiger partial charge in [0.2, 0.25) is 0 Å². The fourth-order valence-electron chi connectivity index (χ4n) is 3.70. The molecule has 0 saturated carbocycles. The maximum absolute atomic E-state index is 11.6. The van der Waals surface area contributed by atoms with Crippen molar-refractivity contribution in [3.63, 3.8) is 0 Å². The van der Waals surface area contributed by atoms with Gasteiger partial charge in [-0.1, -0.05) is 11.2 Å². The fraction of sp³-hybridized carbons (Fsp3) is 0.450. The molecular weight excluding hydrogens is 344 g/mol. The third kappa shape index (κ3) is 3.29. The van der Waals surface area contributed by atoms with Crippen LogP contribution in [0.3, 0.4) is 0 Å². The van der Waals surface area contributed by atoms with Crippen molar-refractivity contribution < 1.29 is 14.1 Å². The summed E-state index contributed by atoms with van der Waals surface area (Å²) in [7, 11) is 1.41. The monoisotopic (exact) mass is 368 g/mol. The second kappa shape index (κ2) is 7.06. The van der Waals surface area contributed by atoms with Gasteiger partial charge in [-0.2, -0.15) is 4.98 Å². The molecule has 0 bridgehead atoms. The van der Waals surface area contributed by atoms with E-state index < -0.39 is 0 Å². The normalized spacial score (nSPS) is 15.6. The first-order valence-corrected chi connectivity index (χ1v) is 9.34. The average Bonchev–Trinajstić information content (AvgIpc) is 3.34. The molecule has 1 aliphatic heterocycles. The summed E-state index contributed by atoms with van der Waals surface area (Å²) in [5.41, 5.74) is 2.09. The number of methoxy groups -OCH3 is 1. The first-order chi connectivity index (χ1) is 13.1. The van der Waals surface area contributed by atoms with Crippen molar-refractivity contribution in [3.8, 4) is 11.5 Å². The van der Waals surface area contributed by atoms with Gasteiger partial charge in [-0.3, -0.25) is 0 Å². The van der Waals surface area contributed by atoms with Gasteiger partial charge in [0.05, 0.1) is 7.11 Å². The fourth-order valence-corrected chi connectivity index (χ4v) is 3.70. The molecule has 0 aliphatic carbocycles. The molecule has 4 rings (SSSR count). The Labute approximate surface area is 157 Å². The van der Waals surface area contributed by atoms with Crippen molar-refractivity contribution in [1.29, 1.82) is 0 Å². The maximum atomic E-state index is 11.6. The van der Waals surface area contributed by atoms with Crippen LogP contribution in [-0.2, 0) is 4.74 Å². The van der Waals surface area contributed by atoms with E-state index in [9.17, 15) is 4.79 Å². The van der Waals surface area contributed by atoms with Crippen molar-refractivity contribution in [2.24, 2.45) is 0 Å². The minimum atomic E-state index is -0.274. The van der Waals surface area contributed by atoms with Gasteiger partial charge < -0.3 is 18.7 Å². The molecule has 7 nitrogen and oxygen atoms in total. The topological polar surface area (TPSA) is 73.4 Å². The van der Waals surface area contributed by atoms with Crippen LogP contribution in [0.25, 0.3) is 22.4 Å². The lowest BCUT2D eigenvalue weighted by Gasteiger charge is -2.29. The van der Waals surface area contributed by atoms with Crippen molar-refractivity contribution >= 4 is 17.0 Å². The SMILES string of the molecule is COC(=O)N1CCC(c2noc(-c3ccc4ccn(C(C)C)c4c3)n2)CC1. The molecule has 7 heteroatoms. The number of carbonyl (C=O) groups excluding carboxylic acids is 1. The summed E-state index contributed by atoms with van der Waals surface area (Å²) >= 11 is 0. The highest BCUT2D eigenvalue weighted by Gasteiger charge is 2.27. The van der Waals surface area contributed by atoms with E-state index in [-0.39, 0.29) is 12.0 Å². The number of benzene rings is 1. The maximum Gasteiger partial charge on any atom is 0.409 e. The van der Waals surface area contributed by atoms with Gasteiger partial charge in [0.15, 0.2) is 5.82 Å². The Kier molecular flexibility index (Phi) is 4.59. The first kappa shape index (κ1) is 17.6. The number of piperidine rings is 1. The summed E-state index contributed by atoms with van der Waals surface area (Å²) in [6, 6.07) is 8.71. The van der Waals surface area contributed by atoms with E-state index in [2.05, 4.69) is 53.0 Å². The number of hydrogen-bond acceptors (Lipinski definition) is 5. The van der Waals surface area contributed by atoms with Gasteiger partial charge in [-0.25, -0.2) is 4.79 Å². The number of amides is 1. The minimum absolute atomic E-state index is 0.201. The Hall–Kier alpha value is -2.83. The van der Waals surface area contributed by atoms with E-state index in [4.69, 9.17) is 9.26 Å². The number of carbonyl (C=O) groups is 1. The van der Waals surface area contributed by atoms with Crippen LogP contribution in [0.1, 0.15) is 44.5 Å². The summed E-state index contributed by atoms with van der Waals surface area (Å²) in [5.74, 6) is 1.46. The van der Waals surface area contributed by atoms with Crippen LogP contribution >= 0.6 is 0 Å². The van der Waals surface area contributed by atoms with Gasteiger partial charge in [0, 0.05) is 42.3 Å². The van der Waals surface area contributed by atoms with E-state index in [1.807, 2.05) is 6.07 Å². The molecule has 2 aromatic heterocycles. The predicted molar refractivity (Wildman–Crippen MR) is 102 cm³/mol. The Morgan fingerprint density at radius 1 is 1.26 bits per heavy atom. The van der Waals surface area contributed by atoms with Crippen LogP contribution in [0.5, 0.6) is 0 Å². The number of hydrogen-bond donors (Lipinski definition) is 0. The van der Waals surface area contributed by atoms with Crippen LogP contribution in [-0.4, -0.2) is 45.9 Å². The van der Waals surface area contributed by atoms with Crippen molar-refractivity contribution in [2.75, 3.05) is 20.2 Å². The molecule has 3 heterocycles. The quantitative estimate of drug-likeness (QED) is 0.692. The zero-order valence-electron chi connectivity index (χ0n) is 15.9. The Balaban J connectivity index is 1.54. The van der Waals surface area contributed by atoms with E-state index >= 15 is 0 Å². The van der Waals surface area contributed by atoms with Gasteiger partial charge in [-0.05, 0) is 50.3 Å². The predicted octanol–water partition coefficient (Wildman–Crippen LogP) is 4.22. The summed E-state index contributed by atoms with van der Waals surface area (Å²) in [5, 5.41) is 5.40. The van der Waals surface area contributed by atoms with E-state index in [0.29, 0.717) is 30.8 Å². The number of fused-ring (bicyclic) bond motifs is 1. The number of ether oxygens (including phenoxy) is 1. The molecule has 0 atom stereocenters. The van der Waals surface area contributed by atoms with Gasteiger partial charge in [-0.15, -0.1) is 0 Å².